The van der Waals surface area contributed by atoms with Crippen LogP contribution in [0.1, 0.15) is 42.7 Å². The van der Waals surface area contributed by atoms with Crippen LogP contribution in [0.15, 0.2) is 36.8 Å². The zero-order valence-corrected chi connectivity index (χ0v) is 13.9. The molecule has 3 atom stereocenters. The number of aromatic nitrogens is 3. The van der Waals surface area contributed by atoms with Gasteiger partial charge in [0.1, 0.15) is 12.0 Å². The monoisotopic (exact) mass is 343 g/mol. The third-order valence-electron chi connectivity index (χ3n) is 5.28. The first-order chi connectivity index (χ1) is 12.0. The summed E-state index contributed by atoms with van der Waals surface area (Å²) in [6, 6.07) is 5.87. The molecule has 0 amide bonds. The Morgan fingerprint density at radius 2 is 2.00 bits per heavy atom. The summed E-state index contributed by atoms with van der Waals surface area (Å²) in [7, 11) is 0. The molecule has 4 rings (SSSR count). The molecule has 0 saturated heterocycles. The molecule has 2 aromatic heterocycles. The minimum Gasteiger partial charge on any atom is -0.388 e. The molecule has 3 aromatic rings. The summed E-state index contributed by atoms with van der Waals surface area (Å²) >= 11 is 0. The van der Waals surface area contributed by atoms with E-state index in [1.54, 1.807) is 6.33 Å². The van der Waals surface area contributed by atoms with E-state index in [1.807, 2.05) is 19.2 Å². The Kier molecular flexibility index (Phi) is 4.00. The SMILES string of the molecule is Cc1ncnc2c1ccn2C1CCC(C(O)c2ccc(F)c(F)c2)C1. The lowest BCUT2D eigenvalue weighted by molar-refractivity contribution is 0.109. The fourth-order valence-corrected chi connectivity index (χ4v) is 3.89. The van der Waals surface area contributed by atoms with Gasteiger partial charge in [-0.15, -0.1) is 0 Å². The second kappa shape index (κ2) is 6.19. The van der Waals surface area contributed by atoms with Crippen LogP contribution in [0.2, 0.25) is 0 Å². The van der Waals surface area contributed by atoms with Gasteiger partial charge in [-0.05, 0) is 55.9 Å². The average molecular weight is 343 g/mol. The van der Waals surface area contributed by atoms with E-state index in [-0.39, 0.29) is 12.0 Å². The third kappa shape index (κ3) is 2.80. The van der Waals surface area contributed by atoms with E-state index in [9.17, 15) is 13.9 Å². The number of hydrogen-bond donors (Lipinski definition) is 1. The fourth-order valence-electron chi connectivity index (χ4n) is 3.89. The van der Waals surface area contributed by atoms with Crippen molar-refractivity contribution in [1.29, 1.82) is 0 Å². The van der Waals surface area contributed by atoms with Crippen molar-refractivity contribution >= 4 is 11.0 Å². The summed E-state index contributed by atoms with van der Waals surface area (Å²) in [6.07, 6.45) is 5.30. The van der Waals surface area contributed by atoms with Crippen LogP contribution in [0.3, 0.4) is 0 Å². The highest BCUT2D eigenvalue weighted by Crippen LogP contribution is 2.42. The largest absolute Gasteiger partial charge is 0.388 e. The van der Waals surface area contributed by atoms with Gasteiger partial charge in [0.05, 0.1) is 11.8 Å². The first kappa shape index (κ1) is 16.1. The van der Waals surface area contributed by atoms with Crippen molar-refractivity contribution in [2.24, 2.45) is 5.92 Å². The molecule has 0 spiro atoms. The van der Waals surface area contributed by atoms with Gasteiger partial charge in [-0.25, -0.2) is 18.7 Å². The molecule has 25 heavy (non-hydrogen) atoms. The molecule has 130 valence electrons. The van der Waals surface area contributed by atoms with Crippen molar-refractivity contribution in [3.05, 3.63) is 59.7 Å². The van der Waals surface area contributed by atoms with Crippen LogP contribution in [-0.4, -0.2) is 19.6 Å². The number of halogens is 2. The van der Waals surface area contributed by atoms with Gasteiger partial charge in [-0.1, -0.05) is 6.07 Å². The highest BCUT2D eigenvalue weighted by atomic mass is 19.2. The first-order valence-corrected chi connectivity index (χ1v) is 8.45. The molecule has 0 radical (unpaired) electrons. The molecule has 0 bridgehead atoms. The average Bonchev–Trinajstić information content (AvgIpc) is 3.24. The number of aliphatic hydroxyl groups is 1. The quantitative estimate of drug-likeness (QED) is 0.779. The minimum atomic E-state index is -0.922. The van der Waals surface area contributed by atoms with Gasteiger partial charge < -0.3 is 9.67 Å². The minimum absolute atomic E-state index is 0.00949. The van der Waals surface area contributed by atoms with E-state index >= 15 is 0 Å². The van der Waals surface area contributed by atoms with Crippen molar-refractivity contribution < 1.29 is 13.9 Å². The van der Waals surface area contributed by atoms with Crippen molar-refractivity contribution in [3.8, 4) is 0 Å². The number of aryl methyl sites for hydroxylation is 1. The first-order valence-electron chi connectivity index (χ1n) is 8.45. The van der Waals surface area contributed by atoms with E-state index in [1.165, 1.54) is 6.07 Å². The Morgan fingerprint density at radius 1 is 1.16 bits per heavy atom. The molecule has 1 saturated carbocycles. The summed E-state index contributed by atoms with van der Waals surface area (Å²) in [5, 5.41) is 11.6. The summed E-state index contributed by atoms with van der Waals surface area (Å²) in [5.74, 6) is -1.81. The number of nitrogens with zero attached hydrogens (tertiary/aromatic N) is 3. The maximum absolute atomic E-state index is 13.4. The molecule has 1 fully saturated rings. The molecule has 1 aliphatic carbocycles. The predicted molar refractivity (Wildman–Crippen MR) is 90.0 cm³/mol. The second-order valence-corrected chi connectivity index (χ2v) is 6.76. The Bertz CT molecular complexity index is 924. The predicted octanol–water partition coefficient (Wildman–Crippen LogP) is 4.09. The van der Waals surface area contributed by atoms with Crippen LogP contribution in [-0.2, 0) is 0 Å². The smallest absolute Gasteiger partial charge is 0.159 e. The van der Waals surface area contributed by atoms with Crippen LogP contribution in [0, 0.1) is 24.5 Å². The number of fused-ring (bicyclic) bond motifs is 1. The molecule has 3 unspecified atom stereocenters. The highest BCUT2D eigenvalue weighted by molar-refractivity contribution is 5.78. The summed E-state index contributed by atoms with van der Waals surface area (Å²) in [4.78, 5) is 8.61. The lowest BCUT2D eigenvalue weighted by Crippen LogP contribution is -2.11. The molecule has 1 aliphatic rings. The van der Waals surface area contributed by atoms with E-state index in [2.05, 4.69) is 14.5 Å². The standard InChI is InChI=1S/C19H19F2N3O/c1-11-15-6-7-24(19(15)23-10-22-11)14-4-2-12(8-14)18(25)13-3-5-16(20)17(21)9-13/h3,5-7,9-10,12,14,18,25H,2,4,8H2,1H3. The summed E-state index contributed by atoms with van der Waals surface area (Å²) in [6.45, 7) is 1.96. The van der Waals surface area contributed by atoms with Crippen LogP contribution in [0.5, 0.6) is 0 Å². The molecule has 1 aromatic carbocycles. The van der Waals surface area contributed by atoms with Gasteiger partial charge in [-0.2, -0.15) is 0 Å². The van der Waals surface area contributed by atoms with Crippen molar-refractivity contribution in [2.45, 2.75) is 38.3 Å². The van der Waals surface area contributed by atoms with Crippen LogP contribution in [0.4, 0.5) is 8.78 Å². The molecule has 4 nitrogen and oxygen atoms in total. The number of aliphatic hydroxyl groups excluding tert-OH is 1. The normalized spacial score (nSPS) is 21.8. The van der Waals surface area contributed by atoms with Gasteiger partial charge in [0, 0.05) is 17.6 Å². The topological polar surface area (TPSA) is 50.9 Å². The molecular formula is C19H19F2N3O. The van der Waals surface area contributed by atoms with Gasteiger partial charge in [0.25, 0.3) is 0 Å². The summed E-state index contributed by atoms with van der Waals surface area (Å²) < 4.78 is 28.7. The number of rotatable bonds is 3. The van der Waals surface area contributed by atoms with Gasteiger partial charge >= 0.3 is 0 Å². The van der Waals surface area contributed by atoms with Crippen LogP contribution in [0.25, 0.3) is 11.0 Å². The van der Waals surface area contributed by atoms with E-state index in [4.69, 9.17) is 0 Å². The Morgan fingerprint density at radius 3 is 2.80 bits per heavy atom. The van der Waals surface area contributed by atoms with Crippen molar-refractivity contribution in [3.63, 3.8) is 0 Å². The Labute approximate surface area is 144 Å². The second-order valence-electron chi connectivity index (χ2n) is 6.76. The van der Waals surface area contributed by atoms with Crippen molar-refractivity contribution in [1.82, 2.24) is 14.5 Å². The fraction of sp³-hybridized carbons (Fsp3) is 0.368. The van der Waals surface area contributed by atoms with Gasteiger partial charge in [-0.3, -0.25) is 0 Å². The van der Waals surface area contributed by atoms with Gasteiger partial charge in [0.2, 0.25) is 0 Å². The highest BCUT2D eigenvalue weighted by Gasteiger charge is 2.32. The Balaban J connectivity index is 1.56. The molecular weight excluding hydrogens is 324 g/mol. The van der Waals surface area contributed by atoms with Crippen molar-refractivity contribution in [2.75, 3.05) is 0 Å². The summed E-state index contributed by atoms with van der Waals surface area (Å²) in [5.41, 5.74) is 2.28. The van der Waals surface area contributed by atoms with Crippen LogP contribution >= 0.6 is 0 Å². The number of benzene rings is 1. The Hall–Kier alpha value is -2.34. The van der Waals surface area contributed by atoms with E-state index in [0.29, 0.717) is 5.56 Å². The molecule has 1 N–H and O–H groups in total. The molecule has 6 heteroatoms. The van der Waals surface area contributed by atoms with Gasteiger partial charge in [0.15, 0.2) is 11.6 Å². The number of hydrogen-bond acceptors (Lipinski definition) is 3. The third-order valence-corrected chi connectivity index (χ3v) is 5.28. The zero-order chi connectivity index (χ0) is 17.6. The molecule has 2 heterocycles. The van der Waals surface area contributed by atoms with E-state index < -0.39 is 17.7 Å². The van der Waals surface area contributed by atoms with E-state index in [0.717, 1.165) is 48.1 Å². The maximum Gasteiger partial charge on any atom is 0.159 e. The molecule has 0 aliphatic heterocycles. The lowest BCUT2D eigenvalue weighted by atomic mass is 9.94. The lowest BCUT2D eigenvalue weighted by Gasteiger charge is -2.19. The van der Waals surface area contributed by atoms with Crippen LogP contribution < -0.4 is 0 Å². The maximum atomic E-state index is 13.4. The zero-order valence-electron chi connectivity index (χ0n) is 13.9.